The van der Waals surface area contributed by atoms with Crippen LogP contribution in [0.5, 0.6) is 0 Å². The molecule has 1 fully saturated rings. The van der Waals surface area contributed by atoms with Crippen molar-refractivity contribution in [1.82, 2.24) is 0 Å². The predicted molar refractivity (Wildman–Crippen MR) is 77.4 cm³/mol. The molecule has 2 aliphatic rings. The van der Waals surface area contributed by atoms with Crippen LogP contribution in [0.3, 0.4) is 0 Å². The minimum absolute atomic E-state index is 0.326. The summed E-state index contributed by atoms with van der Waals surface area (Å²) in [6.45, 7) is 3.61. The van der Waals surface area contributed by atoms with Crippen molar-refractivity contribution in [1.29, 1.82) is 0 Å². The molecule has 1 aliphatic carbocycles. The number of hydrogen-bond acceptors (Lipinski definition) is 4. The van der Waals surface area contributed by atoms with Crippen LogP contribution in [0.1, 0.15) is 47.9 Å². The van der Waals surface area contributed by atoms with Crippen LogP contribution in [0.2, 0.25) is 0 Å². The standard InChI is InChI=1S/C15H23NO2S/c1-2-11(16)5-6-12-10-13-14(19-12)4-3-7-15(13)17-8-9-18-15/h10-11H,2-9,16H2,1H3. The highest BCUT2D eigenvalue weighted by Crippen LogP contribution is 2.45. The molecule has 2 heterocycles. The number of rotatable bonds is 4. The quantitative estimate of drug-likeness (QED) is 0.923. The summed E-state index contributed by atoms with van der Waals surface area (Å²) < 4.78 is 11.9. The van der Waals surface area contributed by atoms with E-state index in [1.54, 1.807) is 0 Å². The summed E-state index contributed by atoms with van der Waals surface area (Å²) >= 11 is 1.93. The van der Waals surface area contributed by atoms with E-state index >= 15 is 0 Å². The second kappa shape index (κ2) is 5.52. The molecule has 106 valence electrons. The third-order valence-electron chi connectivity index (χ3n) is 4.22. The first-order chi connectivity index (χ1) is 9.23. The first-order valence-electron chi connectivity index (χ1n) is 7.39. The lowest BCUT2D eigenvalue weighted by atomic mass is 9.92. The van der Waals surface area contributed by atoms with Crippen molar-refractivity contribution in [2.75, 3.05) is 13.2 Å². The van der Waals surface area contributed by atoms with Gasteiger partial charge in [0.1, 0.15) is 0 Å². The van der Waals surface area contributed by atoms with Gasteiger partial charge in [0.05, 0.1) is 13.2 Å². The molecule has 3 rings (SSSR count). The van der Waals surface area contributed by atoms with Gasteiger partial charge in [0.15, 0.2) is 5.79 Å². The minimum Gasteiger partial charge on any atom is -0.343 e. The van der Waals surface area contributed by atoms with Crippen molar-refractivity contribution < 1.29 is 9.47 Å². The third-order valence-corrected chi connectivity index (χ3v) is 5.47. The first kappa shape index (κ1) is 13.6. The summed E-state index contributed by atoms with van der Waals surface area (Å²) in [6, 6.07) is 2.64. The van der Waals surface area contributed by atoms with Gasteiger partial charge >= 0.3 is 0 Å². The Kier molecular flexibility index (Phi) is 3.94. The van der Waals surface area contributed by atoms with E-state index in [4.69, 9.17) is 15.2 Å². The molecule has 1 aliphatic heterocycles. The van der Waals surface area contributed by atoms with Gasteiger partial charge in [-0.1, -0.05) is 6.92 Å². The van der Waals surface area contributed by atoms with Crippen LogP contribution in [0.25, 0.3) is 0 Å². The average molecular weight is 281 g/mol. The van der Waals surface area contributed by atoms with E-state index in [9.17, 15) is 0 Å². The lowest BCUT2D eigenvalue weighted by Gasteiger charge is -2.31. The highest BCUT2D eigenvalue weighted by atomic mass is 32.1. The Morgan fingerprint density at radius 1 is 1.42 bits per heavy atom. The number of thiophene rings is 1. The molecule has 0 aromatic carbocycles. The first-order valence-corrected chi connectivity index (χ1v) is 8.21. The Labute approximate surface area is 119 Å². The molecule has 3 nitrogen and oxygen atoms in total. The zero-order chi connectivity index (χ0) is 13.3. The van der Waals surface area contributed by atoms with E-state index in [1.165, 1.54) is 28.2 Å². The number of nitrogens with two attached hydrogens (primary N) is 1. The number of aryl methyl sites for hydroxylation is 2. The normalized spacial score (nSPS) is 22.6. The van der Waals surface area contributed by atoms with E-state index in [2.05, 4.69) is 13.0 Å². The molecule has 1 aromatic rings. The van der Waals surface area contributed by atoms with Crippen molar-refractivity contribution in [3.8, 4) is 0 Å². The average Bonchev–Trinajstić information content (AvgIpc) is 3.04. The smallest absolute Gasteiger partial charge is 0.196 e. The minimum atomic E-state index is -0.408. The largest absolute Gasteiger partial charge is 0.343 e. The summed E-state index contributed by atoms with van der Waals surface area (Å²) in [5.41, 5.74) is 7.32. The van der Waals surface area contributed by atoms with Gasteiger partial charge in [0.25, 0.3) is 0 Å². The van der Waals surface area contributed by atoms with Crippen molar-refractivity contribution in [2.24, 2.45) is 5.73 Å². The molecule has 0 bridgehead atoms. The maximum absolute atomic E-state index is 6.01. The fraction of sp³-hybridized carbons (Fsp3) is 0.733. The van der Waals surface area contributed by atoms with Crippen molar-refractivity contribution in [2.45, 2.75) is 57.3 Å². The Hall–Kier alpha value is -0.420. The van der Waals surface area contributed by atoms with Crippen molar-refractivity contribution in [3.63, 3.8) is 0 Å². The Bertz CT molecular complexity index is 437. The van der Waals surface area contributed by atoms with Crippen LogP contribution in [0, 0.1) is 0 Å². The van der Waals surface area contributed by atoms with E-state index in [-0.39, 0.29) is 0 Å². The van der Waals surface area contributed by atoms with E-state index in [0.29, 0.717) is 6.04 Å². The second-order valence-corrected chi connectivity index (χ2v) is 6.78. The van der Waals surface area contributed by atoms with E-state index < -0.39 is 5.79 Å². The summed E-state index contributed by atoms with van der Waals surface area (Å²) in [6.07, 6.45) is 6.56. The highest BCUT2D eigenvalue weighted by molar-refractivity contribution is 7.12. The van der Waals surface area contributed by atoms with Gasteiger partial charge in [0, 0.05) is 27.8 Å². The summed E-state index contributed by atoms with van der Waals surface area (Å²) in [7, 11) is 0. The number of fused-ring (bicyclic) bond motifs is 2. The molecule has 2 N–H and O–H groups in total. The van der Waals surface area contributed by atoms with E-state index in [1.807, 2.05) is 11.3 Å². The SMILES string of the molecule is CCC(N)CCc1cc2c(s1)CCCC21OCCO1. The second-order valence-electron chi connectivity index (χ2n) is 5.56. The fourth-order valence-electron chi connectivity index (χ4n) is 3.02. The predicted octanol–water partition coefficient (Wildman–Crippen LogP) is 2.95. The molecule has 0 amide bonds. The summed E-state index contributed by atoms with van der Waals surface area (Å²) in [4.78, 5) is 2.91. The lowest BCUT2D eigenvalue weighted by molar-refractivity contribution is -0.175. The number of hydrogen-bond donors (Lipinski definition) is 1. The van der Waals surface area contributed by atoms with Gasteiger partial charge < -0.3 is 15.2 Å². The van der Waals surface area contributed by atoms with Crippen LogP contribution in [-0.2, 0) is 28.1 Å². The van der Waals surface area contributed by atoms with Crippen LogP contribution in [-0.4, -0.2) is 19.3 Å². The molecule has 0 radical (unpaired) electrons. The van der Waals surface area contributed by atoms with Gasteiger partial charge in [-0.25, -0.2) is 0 Å². The fourth-order valence-corrected chi connectivity index (χ4v) is 4.30. The molecular formula is C15H23NO2S. The molecule has 0 saturated carbocycles. The zero-order valence-corrected chi connectivity index (χ0v) is 12.4. The topological polar surface area (TPSA) is 44.5 Å². The molecule has 19 heavy (non-hydrogen) atoms. The Morgan fingerprint density at radius 3 is 2.95 bits per heavy atom. The highest BCUT2D eigenvalue weighted by Gasteiger charge is 2.43. The molecule has 1 atom stereocenters. The van der Waals surface area contributed by atoms with Gasteiger partial charge in [0.2, 0.25) is 0 Å². The number of ether oxygens (including phenoxy) is 2. The van der Waals surface area contributed by atoms with E-state index in [0.717, 1.165) is 38.9 Å². The van der Waals surface area contributed by atoms with Crippen LogP contribution in [0.4, 0.5) is 0 Å². The molecule has 1 aromatic heterocycles. The molecular weight excluding hydrogens is 258 g/mol. The maximum Gasteiger partial charge on any atom is 0.196 e. The maximum atomic E-state index is 6.01. The van der Waals surface area contributed by atoms with Crippen LogP contribution >= 0.6 is 11.3 Å². The summed E-state index contributed by atoms with van der Waals surface area (Å²) in [5, 5.41) is 0. The Morgan fingerprint density at radius 2 is 2.21 bits per heavy atom. The molecule has 4 heteroatoms. The van der Waals surface area contributed by atoms with Crippen molar-refractivity contribution >= 4 is 11.3 Å². The summed E-state index contributed by atoms with van der Waals surface area (Å²) in [5.74, 6) is -0.408. The lowest BCUT2D eigenvalue weighted by Crippen LogP contribution is -2.30. The third kappa shape index (κ3) is 2.59. The van der Waals surface area contributed by atoms with Crippen LogP contribution < -0.4 is 5.73 Å². The van der Waals surface area contributed by atoms with Gasteiger partial charge in [-0.15, -0.1) is 11.3 Å². The van der Waals surface area contributed by atoms with Crippen LogP contribution in [0.15, 0.2) is 6.07 Å². The van der Waals surface area contributed by atoms with Crippen molar-refractivity contribution in [3.05, 3.63) is 21.4 Å². The molecule has 1 saturated heterocycles. The Balaban J connectivity index is 1.78. The zero-order valence-electron chi connectivity index (χ0n) is 11.6. The van der Waals surface area contributed by atoms with Gasteiger partial charge in [-0.3, -0.25) is 0 Å². The van der Waals surface area contributed by atoms with Gasteiger partial charge in [-0.05, 0) is 38.2 Å². The van der Waals surface area contributed by atoms with Gasteiger partial charge in [-0.2, -0.15) is 0 Å². The molecule has 1 spiro atoms. The molecule has 1 unspecified atom stereocenters. The monoisotopic (exact) mass is 281 g/mol.